The van der Waals surface area contributed by atoms with Crippen LogP contribution in [0.2, 0.25) is 0 Å². The minimum absolute atomic E-state index is 0.369. The minimum Gasteiger partial charge on any atom is -0.394 e. The van der Waals surface area contributed by atoms with Crippen LogP contribution in [-0.4, -0.2) is 51.8 Å². The Morgan fingerprint density at radius 2 is 1.81 bits per heavy atom. The van der Waals surface area contributed by atoms with Crippen LogP contribution < -0.4 is 11.2 Å². The van der Waals surface area contributed by atoms with E-state index in [1.165, 1.54) is 0 Å². The summed E-state index contributed by atoms with van der Waals surface area (Å²) in [6.45, 7) is 6.20. The molecule has 0 aliphatic rings. The Labute approximate surface area is 150 Å². The van der Waals surface area contributed by atoms with Crippen molar-refractivity contribution in [3.63, 3.8) is 0 Å². The van der Waals surface area contributed by atoms with E-state index < -0.39 is 43.8 Å². The summed E-state index contributed by atoms with van der Waals surface area (Å²) in [5.74, 6) is -0.699. The number of nitrogens with one attached hydrogen (secondary N) is 1. The van der Waals surface area contributed by atoms with Crippen LogP contribution in [0, 0.1) is 0 Å². The Kier molecular flexibility index (Phi) is 8.58. The highest BCUT2D eigenvalue weighted by molar-refractivity contribution is 7.53. The molecule has 0 saturated carbocycles. The predicted octanol–water partition coefficient (Wildman–Crippen LogP) is 0.945. The van der Waals surface area contributed by atoms with Gasteiger partial charge in [0.2, 0.25) is 5.91 Å². The lowest BCUT2D eigenvalue weighted by molar-refractivity contribution is 0.0141. The van der Waals surface area contributed by atoms with E-state index in [-0.39, 0.29) is 18.6 Å². The van der Waals surface area contributed by atoms with Gasteiger partial charge in [-0.25, -0.2) is 9.36 Å². The molecule has 1 aromatic heterocycles. The summed E-state index contributed by atoms with van der Waals surface area (Å²) in [5, 5.41) is 9.40. The van der Waals surface area contributed by atoms with Gasteiger partial charge in [0.15, 0.2) is 0 Å². The number of nitrogens with zero attached hydrogens (tertiary/aromatic N) is 1. The number of hydrogen-bond donors (Lipinski definition) is 2. The molecule has 0 bridgehead atoms. The average Bonchev–Trinajstić information content (AvgIpc) is 2.49. The van der Waals surface area contributed by atoms with Crippen molar-refractivity contribution < 1.29 is 28.3 Å². The second-order valence-electron chi connectivity index (χ2n) is 6.10. The summed E-state index contributed by atoms with van der Waals surface area (Å²) >= 11 is 0. The van der Waals surface area contributed by atoms with E-state index in [1.807, 2.05) is 4.98 Å². The normalized spacial score (nSPS) is 13.3. The van der Waals surface area contributed by atoms with Gasteiger partial charge < -0.3 is 18.9 Å². The molecular weight excluding hydrogens is 367 g/mol. The van der Waals surface area contributed by atoms with Gasteiger partial charge in [0, 0.05) is 12.3 Å². The van der Waals surface area contributed by atoms with Gasteiger partial charge in [0.05, 0.1) is 31.3 Å². The number of aromatic nitrogens is 2. The molecule has 11 heteroatoms. The van der Waals surface area contributed by atoms with Crippen molar-refractivity contribution in [3.8, 4) is 0 Å². The molecule has 10 nitrogen and oxygen atoms in total. The first-order valence-electron chi connectivity index (χ1n) is 8.10. The van der Waals surface area contributed by atoms with E-state index in [0.29, 0.717) is 4.57 Å². The Balaban J connectivity index is 2.79. The van der Waals surface area contributed by atoms with Gasteiger partial charge >= 0.3 is 13.3 Å². The van der Waals surface area contributed by atoms with Crippen molar-refractivity contribution in [1.29, 1.82) is 0 Å². The summed E-state index contributed by atoms with van der Waals surface area (Å²) in [6.07, 6.45) is -1.57. The van der Waals surface area contributed by atoms with Crippen LogP contribution in [0.1, 0.15) is 38.9 Å². The van der Waals surface area contributed by atoms with Gasteiger partial charge in [-0.05, 0) is 27.7 Å². The molecule has 1 heterocycles. The molecule has 1 rings (SSSR count). The fourth-order valence-electron chi connectivity index (χ4n) is 2.01. The summed E-state index contributed by atoms with van der Waals surface area (Å²) in [7, 11) is -3.59. The van der Waals surface area contributed by atoms with Crippen LogP contribution in [0.3, 0.4) is 0 Å². The van der Waals surface area contributed by atoms with Crippen molar-refractivity contribution in [3.05, 3.63) is 33.1 Å². The summed E-state index contributed by atoms with van der Waals surface area (Å²) in [4.78, 5) is 36.7. The molecule has 0 fully saturated rings. The highest BCUT2D eigenvalue weighted by Gasteiger charge is 2.30. The molecule has 148 valence electrons. The van der Waals surface area contributed by atoms with E-state index in [4.69, 9.17) is 13.8 Å². The molecular formula is C15H25N2O8P. The maximum absolute atomic E-state index is 12.7. The number of aliphatic hydroxyl groups excluding tert-OH is 1. The topological polar surface area (TPSA) is 137 Å². The molecule has 0 amide bonds. The van der Waals surface area contributed by atoms with Crippen LogP contribution in [0.5, 0.6) is 0 Å². The second kappa shape index (κ2) is 9.94. The zero-order valence-electron chi connectivity index (χ0n) is 15.2. The number of carbonyl (C=O) groups is 1. The smallest absolute Gasteiger partial charge is 0.356 e. The third-order valence-electron chi connectivity index (χ3n) is 2.91. The first-order chi connectivity index (χ1) is 12.1. The second-order valence-corrected chi connectivity index (χ2v) is 8.00. The van der Waals surface area contributed by atoms with Crippen LogP contribution in [0.4, 0.5) is 0 Å². The Bertz CT molecular complexity index is 741. The first-order valence-corrected chi connectivity index (χ1v) is 9.82. The van der Waals surface area contributed by atoms with Crippen molar-refractivity contribution in [1.82, 2.24) is 9.55 Å². The minimum atomic E-state index is -3.59. The number of aliphatic hydroxyl groups is 1. The number of rotatable bonds is 10. The molecule has 0 aliphatic carbocycles. The van der Waals surface area contributed by atoms with E-state index in [0.717, 1.165) is 12.3 Å². The summed E-state index contributed by atoms with van der Waals surface area (Å²) in [5.41, 5.74) is -1.53. The Hall–Kier alpha value is -1.58. The van der Waals surface area contributed by atoms with Gasteiger partial charge in [-0.3, -0.25) is 19.1 Å². The Morgan fingerprint density at radius 1 is 1.23 bits per heavy atom. The number of aromatic amines is 1. The third-order valence-corrected chi connectivity index (χ3v) is 4.86. The van der Waals surface area contributed by atoms with E-state index >= 15 is 0 Å². The molecule has 1 atom stereocenters. The maximum atomic E-state index is 12.7. The predicted molar refractivity (Wildman–Crippen MR) is 93.4 cm³/mol. The van der Waals surface area contributed by atoms with E-state index in [1.54, 1.807) is 27.7 Å². The quantitative estimate of drug-likeness (QED) is 0.562. The molecule has 0 spiro atoms. The lowest BCUT2D eigenvalue weighted by atomic mass is 10.2. The fraction of sp³-hybridized carbons (Fsp3) is 0.667. The molecule has 0 unspecified atom stereocenters. The van der Waals surface area contributed by atoms with E-state index in [2.05, 4.69) is 0 Å². The number of carbonyl (C=O) groups excluding carboxylic acids is 1. The van der Waals surface area contributed by atoms with Gasteiger partial charge in [-0.1, -0.05) is 0 Å². The monoisotopic (exact) mass is 392 g/mol. The van der Waals surface area contributed by atoms with Crippen LogP contribution in [0.15, 0.2) is 21.9 Å². The van der Waals surface area contributed by atoms with E-state index in [9.17, 15) is 24.1 Å². The molecule has 0 saturated heterocycles. The van der Waals surface area contributed by atoms with Crippen molar-refractivity contribution in [2.75, 3.05) is 13.0 Å². The lowest BCUT2D eigenvalue weighted by Gasteiger charge is -2.24. The SMILES string of the molecule is CC(C)OP(=O)(CO[C@@H](CO)CC(=O)n1ccc(=O)[nH]c1=O)OC(C)C. The maximum Gasteiger partial charge on any atom is 0.356 e. The molecule has 1 aromatic rings. The van der Waals surface area contributed by atoms with Gasteiger partial charge in [0.25, 0.3) is 5.56 Å². The van der Waals surface area contributed by atoms with Gasteiger partial charge in [-0.2, -0.15) is 0 Å². The standard InChI is InChI=1S/C15H25N2O8P/c1-10(2)24-26(22,25-11(3)4)9-23-12(8-18)7-14(20)17-6-5-13(19)16-15(17)21/h5-6,10-12,18H,7-9H2,1-4H3,(H,16,19,21)/t12-/m1/s1. The molecule has 0 aromatic carbocycles. The first kappa shape index (κ1) is 22.5. The van der Waals surface area contributed by atoms with Crippen molar-refractivity contribution >= 4 is 13.5 Å². The highest BCUT2D eigenvalue weighted by atomic mass is 31.2. The molecule has 0 aliphatic heterocycles. The number of ether oxygens (including phenoxy) is 1. The molecule has 2 N–H and O–H groups in total. The summed E-state index contributed by atoms with van der Waals surface area (Å²) < 4.78 is 29.3. The van der Waals surface area contributed by atoms with Crippen LogP contribution in [-0.2, 0) is 18.3 Å². The molecule has 0 radical (unpaired) electrons. The van der Waals surface area contributed by atoms with Crippen LogP contribution >= 0.6 is 7.60 Å². The highest BCUT2D eigenvalue weighted by Crippen LogP contribution is 2.50. The summed E-state index contributed by atoms with van der Waals surface area (Å²) in [6, 6.07) is 1.02. The molecule has 26 heavy (non-hydrogen) atoms. The zero-order valence-corrected chi connectivity index (χ0v) is 16.1. The average molecular weight is 392 g/mol. The van der Waals surface area contributed by atoms with Crippen molar-refractivity contribution in [2.45, 2.75) is 52.4 Å². The van der Waals surface area contributed by atoms with Gasteiger partial charge in [0.1, 0.15) is 6.35 Å². The van der Waals surface area contributed by atoms with Crippen LogP contribution in [0.25, 0.3) is 0 Å². The Morgan fingerprint density at radius 3 is 2.27 bits per heavy atom. The number of H-pyrrole nitrogens is 1. The van der Waals surface area contributed by atoms with Crippen molar-refractivity contribution in [2.24, 2.45) is 0 Å². The third kappa shape index (κ3) is 7.35. The van der Waals surface area contributed by atoms with Gasteiger partial charge in [-0.15, -0.1) is 0 Å². The lowest BCUT2D eigenvalue weighted by Crippen LogP contribution is -2.35. The zero-order chi connectivity index (χ0) is 19.9. The largest absolute Gasteiger partial charge is 0.394 e. The fourth-order valence-corrected chi connectivity index (χ4v) is 3.86. The number of hydrogen-bond acceptors (Lipinski definition) is 8.